The second-order valence-electron chi connectivity index (χ2n) is 9.96. The van der Waals surface area contributed by atoms with Crippen molar-refractivity contribution < 1.29 is 14.3 Å². The normalized spacial score (nSPS) is 51.6. The van der Waals surface area contributed by atoms with Crippen molar-refractivity contribution in [1.29, 1.82) is 0 Å². The van der Waals surface area contributed by atoms with Crippen LogP contribution in [-0.2, 0) is 14.3 Å². The standard InChI is InChI=1S/C22H30O3/c1-21-9-7-15(23)12-14(21)4-5-16-17(21)8-10-22(2)18(16)11-13-3-6-19(24)25-20(13)22/h12-13,16-18,20H,3-11H2,1-2H3. The van der Waals surface area contributed by atoms with Crippen LogP contribution in [-0.4, -0.2) is 17.9 Å². The van der Waals surface area contributed by atoms with Gasteiger partial charge < -0.3 is 4.74 Å². The van der Waals surface area contributed by atoms with Crippen LogP contribution < -0.4 is 0 Å². The maximum atomic E-state index is 11.9. The molecule has 0 aromatic heterocycles. The van der Waals surface area contributed by atoms with Gasteiger partial charge in [0.15, 0.2) is 5.78 Å². The molecule has 3 heteroatoms. The van der Waals surface area contributed by atoms with Crippen molar-refractivity contribution in [2.45, 2.75) is 77.7 Å². The summed E-state index contributed by atoms with van der Waals surface area (Å²) in [5, 5.41) is 0. The van der Waals surface area contributed by atoms with Gasteiger partial charge in [-0.3, -0.25) is 9.59 Å². The van der Waals surface area contributed by atoms with E-state index in [9.17, 15) is 9.59 Å². The van der Waals surface area contributed by atoms with Gasteiger partial charge in [0.2, 0.25) is 0 Å². The number of hydrogen-bond donors (Lipinski definition) is 0. The number of esters is 1. The first-order chi connectivity index (χ1) is 11.9. The van der Waals surface area contributed by atoms with Gasteiger partial charge in [-0.2, -0.15) is 0 Å². The molecule has 0 N–H and O–H groups in total. The molecule has 5 aliphatic rings. The average molecular weight is 342 g/mol. The van der Waals surface area contributed by atoms with Gasteiger partial charge in [0.1, 0.15) is 6.10 Å². The van der Waals surface area contributed by atoms with E-state index < -0.39 is 0 Å². The molecule has 0 aromatic carbocycles. The SMILES string of the molecule is CC12CCC(=O)C=C1CCC1C2CCC2(C)C1CC1CCC(=O)OC12. The van der Waals surface area contributed by atoms with E-state index in [-0.39, 0.29) is 22.9 Å². The smallest absolute Gasteiger partial charge is 0.306 e. The van der Waals surface area contributed by atoms with Crippen molar-refractivity contribution in [1.82, 2.24) is 0 Å². The number of carbonyl (C=O) groups excluding carboxylic acids is 2. The Morgan fingerprint density at radius 1 is 1.00 bits per heavy atom. The monoisotopic (exact) mass is 342 g/mol. The molecule has 7 unspecified atom stereocenters. The summed E-state index contributed by atoms with van der Waals surface area (Å²) in [4.78, 5) is 23.8. The van der Waals surface area contributed by atoms with Crippen molar-refractivity contribution in [2.24, 2.45) is 34.5 Å². The maximum absolute atomic E-state index is 11.9. The van der Waals surface area contributed by atoms with Gasteiger partial charge in [0.05, 0.1) is 0 Å². The second-order valence-corrected chi connectivity index (χ2v) is 9.96. The number of rotatable bonds is 0. The van der Waals surface area contributed by atoms with E-state index in [4.69, 9.17) is 4.74 Å². The minimum atomic E-state index is 0.0249. The zero-order valence-corrected chi connectivity index (χ0v) is 15.6. The Bertz CT molecular complexity index is 664. The summed E-state index contributed by atoms with van der Waals surface area (Å²) in [5.41, 5.74) is 1.86. The number of hydrogen-bond acceptors (Lipinski definition) is 3. The summed E-state index contributed by atoms with van der Waals surface area (Å²) in [6, 6.07) is 0. The van der Waals surface area contributed by atoms with Crippen LogP contribution in [0.5, 0.6) is 0 Å². The third-order valence-electron chi connectivity index (χ3n) is 9.01. The zero-order valence-electron chi connectivity index (χ0n) is 15.6. The zero-order chi connectivity index (χ0) is 17.4. The Morgan fingerprint density at radius 2 is 1.84 bits per heavy atom. The quantitative estimate of drug-likeness (QED) is 0.611. The second kappa shape index (κ2) is 5.20. The molecule has 0 aromatic rings. The van der Waals surface area contributed by atoms with E-state index in [1.807, 2.05) is 6.08 Å². The molecule has 5 rings (SSSR count). The van der Waals surface area contributed by atoms with Crippen LogP contribution in [0.4, 0.5) is 0 Å². The first-order valence-electron chi connectivity index (χ1n) is 10.4. The summed E-state index contributed by atoms with van der Waals surface area (Å²) in [6.07, 6.45) is 11.6. The molecular weight excluding hydrogens is 312 g/mol. The predicted octanol–water partition coefficient (Wildman–Crippen LogP) is 4.45. The molecule has 0 bridgehead atoms. The lowest BCUT2D eigenvalue weighted by Gasteiger charge is -2.57. The van der Waals surface area contributed by atoms with E-state index in [1.165, 1.54) is 31.3 Å². The largest absolute Gasteiger partial charge is 0.461 e. The number of allylic oxidation sites excluding steroid dienone is 1. The molecule has 1 aliphatic heterocycles. The third kappa shape index (κ3) is 2.10. The van der Waals surface area contributed by atoms with Gasteiger partial charge in [-0.15, -0.1) is 0 Å². The summed E-state index contributed by atoms with van der Waals surface area (Å²) in [7, 11) is 0. The maximum Gasteiger partial charge on any atom is 0.306 e. The Kier molecular flexibility index (Phi) is 3.35. The van der Waals surface area contributed by atoms with E-state index in [0.717, 1.165) is 37.5 Å². The topological polar surface area (TPSA) is 43.4 Å². The van der Waals surface area contributed by atoms with Crippen LogP contribution in [0.3, 0.4) is 0 Å². The fraction of sp³-hybridized carbons (Fsp3) is 0.818. The lowest BCUT2D eigenvalue weighted by molar-refractivity contribution is -0.169. The highest BCUT2D eigenvalue weighted by atomic mass is 16.5. The van der Waals surface area contributed by atoms with Gasteiger partial charge in [0, 0.05) is 18.3 Å². The molecular formula is C22H30O3. The first-order valence-corrected chi connectivity index (χ1v) is 10.4. The Labute approximate surface area is 150 Å². The van der Waals surface area contributed by atoms with Crippen LogP contribution >= 0.6 is 0 Å². The van der Waals surface area contributed by atoms with Crippen molar-refractivity contribution >= 4 is 11.8 Å². The highest BCUT2D eigenvalue weighted by Crippen LogP contribution is 2.67. The number of carbonyl (C=O) groups is 2. The Morgan fingerprint density at radius 3 is 2.68 bits per heavy atom. The van der Waals surface area contributed by atoms with Crippen LogP contribution in [0.2, 0.25) is 0 Å². The van der Waals surface area contributed by atoms with Gasteiger partial charge >= 0.3 is 5.97 Å². The molecule has 136 valence electrons. The Hall–Kier alpha value is -1.12. The lowest BCUT2D eigenvalue weighted by Crippen LogP contribution is -2.52. The summed E-state index contributed by atoms with van der Waals surface area (Å²) in [5.74, 6) is 3.11. The van der Waals surface area contributed by atoms with E-state index in [2.05, 4.69) is 13.8 Å². The van der Waals surface area contributed by atoms with Crippen LogP contribution in [0.15, 0.2) is 11.6 Å². The third-order valence-corrected chi connectivity index (χ3v) is 9.01. The Balaban J connectivity index is 1.48. The lowest BCUT2D eigenvalue weighted by atomic mass is 9.47. The van der Waals surface area contributed by atoms with E-state index in [0.29, 0.717) is 24.0 Å². The molecule has 1 heterocycles. The summed E-state index contributed by atoms with van der Waals surface area (Å²) >= 11 is 0. The molecule has 7 atom stereocenters. The van der Waals surface area contributed by atoms with Crippen molar-refractivity contribution in [3.8, 4) is 0 Å². The van der Waals surface area contributed by atoms with Crippen LogP contribution in [0.25, 0.3) is 0 Å². The minimum Gasteiger partial charge on any atom is -0.461 e. The first kappa shape index (κ1) is 16.1. The molecule has 0 radical (unpaired) electrons. The highest BCUT2D eigenvalue weighted by Gasteiger charge is 2.63. The molecule has 3 nitrogen and oxygen atoms in total. The summed E-state index contributed by atoms with van der Waals surface area (Å²) < 4.78 is 5.91. The van der Waals surface area contributed by atoms with Gasteiger partial charge in [0.25, 0.3) is 0 Å². The molecule has 0 spiro atoms. The van der Waals surface area contributed by atoms with Gasteiger partial charge in [-0.1, -0.05) is 19.4 Å². The number of ketones is 1. The van der Waals surface area contributed by atoms with Crippen molar-refractivity contribution in [2.75, 3.05) is 0 Å². The van der Waals surface area contributed by atoms with E-state index >= 15 is 0 Å². The number of fused-ring (bicyclic) bond motifs is 7. The fourth-order valence-corrected chi connectivity index (χ4v) is 7.70. The molecule has 3 saturated carbocycles. The van der Waals surface area contributed by atoms with E-state index in [1.54, 1.807) is 0 Å². The molecule has 25 heavy (non-hydrogen) atoms. The molecule has 4 fully saturated rings. The predicted molar refractivity (Wildman–Crippen MR) is 94.7 cm³/mol. The molecule has 0 amide bonds. The minimum absolute atomic E-state index is 0.0249. The fourth-order valence-electron chi connectivity index (χ4n) is 7.70. The highest BCUT2D eigenvalue weighted by molar-refractivity contribution is 5.91. The number of ether oxygens (including phenoxy) is 1. The van der Waals surface area contributed by atoms with Gasteiger partial charge in [-0.05, 0) is 80.1 Å². The average Bonchev–Trinajstić information content (AvgIpc) is 2.88. The summed E-state index contributed by atoms with van der Waals surface area (Å²) in [6.45, 7) is 4.85. The van der Waals surface area contributed by atoms with Crippen molar-refractivity contribution in [3.63, 3.8) is 0 Å². The molecule has 4 aliphatic carbocycles. The van der Waals surface area contributed by atoms with Crippen LogP contribution in [0, 0.1) is 34.5 Å². The van der Waals surface area contributed by atoms with Crippen LogP contribution in [0.1, 0.15) is 71.6 Å². The van der Waals surface area contributed by atoms with Gasteiger partial charge in [-0.25, -0.2) is 0 Å². The molecule has 1 saturated heterocycles. The van der Waals surface area contributed by atoms with Crippen molar-refractivity contribution in [3.05, 3.63) is 11.6 Å².